The van der Waals surface area contributed by atoms with E-state index < -0.39 is 158 Å². The first-order valence-corrected chi connectivity index (χ1v) is 30.2. The van der Waals surface area contributed by atoms with E-state index in [4.69, 9.17) is 29.8 Å². The van der Waals surface area contributed by atoms with E-state index in [-0.39, 0.29) is 49.0 Å². The Bertz CT molecular complexity index is 2810. The Morgan fingerprint density at radius 3 is 2.01 bits per heavy atom. The highest BCUT2D eigenvalue weighted by atomic mass is 19.1. The van der Waals surface area contributed by atoms with E-state index in [0.29, 0.717) is 30.8 Å². The highest BCUT2D eigenvalue weighted by Gasteiger charge is 2.51. The number of halogens is 1. The van der Waals surface area contributed by atoms with Crippen LogP contribution in [0.1, 0.15) is 109 Å². The number of aliphatic hydroxyl groups is 10. The molecule has 0 unspecified atom stereocenters. The molecule has 1 aromatic heterocycles. The number of hydrogen-bond acceptors (Lipinski definition) is 21. The fourth-order valence-electron chi connectivity index (χ4n) is 11.1. The van der Waals surface area contributed by atoms with Gasteiger partial charge < -0.3 is 101 Å². The standard InChI is InChI=1S/C47H75NO17.C16H18FN3O3/c1-27-17-15-13-11-9-7-5-6-8-10-12-14-16-18-34(64-46-44(58)41(48)43(57)30(4)63-46)24-38-40(45(59)60)37(54)26-47(61,65-38)25-36(53)35(52)20-19-31(49)21-32(50)22-33(51)23-39(55)62-29(3)28(2)42(27)56;1-2-19-9-11(16(22)23)15(21)10-7-12(17)14(8-13(10)19)20-5-3-18-4-6-20/h5-6,8,10-18,27-38,40-44,46,49-54,56-58,61H,7,9,19-26,48H2,1-4H3,(H,59,60);7-9,18H,2-6H2,1H3,(H,22,23)/b6-5+,10-8+,13-11+,14-12+,17-15+,18-16+;/t27-,28-,29-,30+,31+,32+,33+,34-,35+,36+,37-,38-,40+,41-,42+,43+,44-,46-,47+;/m0./s1. The van der Waals surface area contributed by atoms with Crippen LogP contribution in [0.25, 0.3) is 10.9 Å². The summed E-state index contributed by atoms with van der Waals surface area (Å²) < 4.78 is 39.3. The van der Waals surface area contributed by atoms with Gasteiger partial charge in [-0.15, -0.1) is 0 Å². The lowest BCUT2D eigenvalue weighted by Crippen LogP contribution is -2.61. The number of nitrogens with zero attached hydrogens (tertiary/aromatic N) is 2. The van der Waals surface area contributed by atoms with Gasteiger partial charge in [-0.1, -0.05) is 86.8 Å². The van der Waals surface area contributed by atoms with Crippen molar-refractivity contribution in [2.75, 3.05) is 31.1 Å². The molecule has 19 atom stereocenters. The first-order valence-electron chi connectivity index (χ1n) is 30.2. The topological polar surface area (TPSA) is 394 Å². The largest absolute Gasteiger partial charge is 0.481 e. The third kappa shape index (κ3) is 21.5. The lowest BCUT2D eigenvalue weighted by atomic mass is 9.82. The van der Waals surface area contributed by atoms with Crippen LogP contribution in [0.4, 0.5) is 10.1 Å². The first kappa shape index (κ1) is 73.1. The molecule has 3 fully saturated rings. The molecule has 1 aromatic carbocycles. The fraction of sp³-hybridized carbons (Fsp3) is 0.619. The van der Waals surface area contributed by atoms with Gasteiger partial charge in [-0.3, -0.25) is 14.4 Å². The van der Waals surface area contributed by atoms with E-state index in [1.807, 2.05) is 61.3 Å². The molecule has 2 bridgehead atoms. The molecular weight excluding hydrogens is 1150 g/mol. The molecule has 6 rings (SSSR count). The minimum atomic E-state index is -2.35. The number of esters is 1. The maximum Gasteiger partial charge on any atom is 0.341 e. The van der Waals surface area contributed by atoms with Crippen molar-refractivity contribution in [1.82, 2.24) is 9.88 Å². The number of cyclic esters (lactones) is 1. The van der Waals surface area contributed by atoms with Gasteiger partial charge in [0.2, 0.25) is 5.43 Å². The summed E-state index contributed by atoms with van der Waals surface area (Å²) in [5.74, 6) is -8.62. The predicted molar refractivity (Wildman–Crippen MR) is 323 cm³/mol. The summed E-state index contributed by atoms with van der Waals surface area (Å²) in [5, 5.41) is 131. The predicted octanol–water partition coefficient (Wildman–Crippen LogP) is 2.20. The number of nitrogens with one attached hydrogen (secondary N) is 1. The number of aryl methyl sites for hydroxylation is 1. The molecule has 24 nitrogen and oxygen atoms in total. The molecule has 0 amide bonds. The number of aromatic carboxylic acids is 1. The second-order valence-electron chi connectivity index (χ2n) is 23.4. The zero-order valence-electron chi connectivity index (χ0n) is 50.6. The number of benzene rings is 1. The average molecular weight is 1250 g/mol. The summed E-state index contributed by atoms with van der Waals surface area (Å²) >= 11 is 0. The Hall–Kier alpha value is -5.59. The molecule has 2 aromatic rings. The van der Waals surface area contributed by atoms with Crippen molar-refractivity contribution in [2.24, 2.45) is 23.5 Å². The number of piperazine rings is 1. The fourth-order valence-corrected chi connectivity index (χ4v) is 11.1. The maximum absolute atomic E-state index is 14.5. The summed E-state index contributed by atoms with van der Waals surface area (Å²) in [7, 11) is 0. The van der Waals surface area contributed by atoms with Crippen molar-refractivity contribution in [3.05, 3.63) is 113 Å². The SMILES string of the molecule is CCn1cc(C(=O)O)c(=O)c2cc(F)c(N3CCNCC3)cc21.C[C@@H]1[C@H](O)[C@@H](C)/C=C/C=C/CC/C=C/C=C/C=C/C=C/[C@H](O[C@@H]2O[C@H](C)[C@@H](O)[C@H](N)[C@@H]2O)C[C@@H]2O[C@](O)(C[C@@H](O)[C@H](O)CC[C@@H](O)C[C@@H](O)C[C@@H](O)CC(=O)O[C@H]1C)C[C@H](O)[C@H]2C(=O)O. The zero-order valence-corrected chi connectivity index (χ0v) is 50.6. The normalized spacial score (nSPS) is 37.4. The molecule has 0 radical (unpaired) electrons. The number of carbonyl (C=O) groups excluding carboxylic acids is 1. The number of carboxylic acid groups (broad SMARTS) is 2. The Labute approximate surface area is 512 Å². The molecule has 4 aliphatic rings. The number of carboxylic acids is 2. The molecule has 88 heavy (non-hydrogen) atoms. The number of fused-ring (bicyclic) bond motifs is 3. The number of hydrogen-bond donors (Lipinski definition) is 14. The lowest BCUT2D eigenvalue weighted by molar-refractivity contribution is -0.310. The number of ether oxygens (including phenoxy) is 4. The van der Waals surface area contributed by atoms with Crippen LogP contribution in [-0.2, 0) is 35.1 Å². The van der Waals surface area contributed by atoms with Crippen molar-refractivity contribution >= 4 is 34.5 Å². The third-order valence-electron chi connectivity index (χ3n) is 16.4. The van der Waals surface area contributed by atoms with Crippen LogP contribution in [0.5, 0.6) is 0 Å². The van der Waals surface area contributed by atoms with E-state index in [0.717, 1.165) is 32.0 Å². The van der Waals surface area contributed by atoms with Crippen LogP contribution in [0.3, 0.4) is 0 Å². The van der Waals surface area contributed by atoms with Gasteiger partial charge in [0.05, 0.1) is 90.8 Å². The molecule has 0 saturated carbocycles. The van der Waals surface area contributed by atoms with Gasteiger partial charge in [0.25, 0.3) is 0 Å². The Morgan fingerprint density at radius 2 is 1.36 bits per heavy atom. The van der Waals surface area contributed by atoms with E-state index in [9.17, 15) is 79.7 Å². The molecule has 0 aliphatic carbocycles. The van der Waals surface area contributed by atoms with Gasteiger partial charge in [-0.25, -0.2) is 9.18 Å². The van der Waals surface area contributed by atoms with Crippen LogP contribution >= 0.6 is 0 Å². The van der Waals surface area contributed by atoms with Crippen LogP contribution < -0.4 is 21.4 Å². The van der Waals surface area contributed by atoms with Crippen molar-refractivity contribution < 1.29 is 99.0 Å². The van der Waals surface area contributed by atoms with E-state index in [2.05, 4.69) is 5.32 Å². The molecule has 4 aliphatic heterocycles. The third-order valence-corrected chi connectivity index (χ3v) is 16.4. The number of aromatic nitrogens is 1. The van der Waals surface area contributed by atoms with Gasteiger partial charge in [-0.05, 0) is 71.4 Å². The molecule has 25 heteroatoms. The Kier molecular flexibility index (Phi) is 29.2. The summed E-state index contributed by atoms with van der Waals surface area (Å²) in [6, 6.07) is 1.66. The lowest BCUT2D eigenvalue weighted by Gasteiger charge is -2.45. The zero-order chi connectivity index (χ0) is 65.0. The van der Waals surface area contributed by atoms with Crippen LogP contribution in [-0.4, -0.2) is 207 Å². The van der Waals surface area contributed by atoms with Crippen LogP contribution in [0.2, 0.25) is 0 Å². The summed E-state index contributed by atoms with van der Waals surface area (Å²) in [4.78, 5) is 50.5. The van der Waals surface area contributed by atoms with Gasteiger partial charge in [0, 0.05) is 75.4 Å². The maximum atomic E-state index is 14.5. The molecule has 3 saturated heterocycles. The Morgan fingerprint density at radius 1 is 0.750 bits per heavy atom. The van der Waals surface area contributed by atoms with Crippen molar-refractivity contribution in [2.45, 2.75) is 203 Å². The van der Waals surface area contributed by atoms with Crippen LogP contribution in [0.15, 0.2) is 96.0 Å². The van der Waals surface area contributed by atoms with Crippen molar-refractivity contribution in [3.8, 4) is 0 Å². The molecular formula is C63H93FN4O20. The molecule has 0 spiro atoms. The highest BCUT2D eigenvalue weighted by Crippen LogP contribution is 2.38. The summed E-state index contributed by atoms with van der Waals surface area (Å²) in [6.45, 7) is 12.0. The second-order valence-corrected chi connectivity index (χ2v) is 23.4. The highest BCUT2D eigenvalue weighted by molar-refractivity contribution is 5.93. The van der Waals surface area contributed by atoms with Gasteiger partial charge in [0.15, 0.2) is 12.1 Å². The number of aliphatic carboxylic acids is 1. The number of nitrogens with two attached hydrogens (primary N) is 1. The number of rotatable bonds is 6. The minimum absolute atomic E-state index is 0.100. The number of aliphatic hydroxyl groups excluding tert-OH is 9. The van der Waals surface area contributed by atoms with Crippen molar-refractivity contribution in [3.63, 3.8) is 0 Å². The van der Waals surface area contributed by atoms with Crippen LogP contribution in [0, 0.1) is 23.6 Å². The molecule has 492 valence electrons. The van der Waals surface area contributed by atoms with Gasteiger partial charge in [0.1, 0.15) is 29.5 Å². The van der Waals surface area contributed by atoms with Gasteiger partial charge in [-0.2, -0.15) is 0 Å². The summed E-state index contributed by atoms with van der Waals surface area (Å²) in [6.07, 6.45) is 3.61. The second kappa shape index (κ2) is 35.1. The minimum Gasteiger partial charge on any atom is -0.481 e. The van der Waals surface area contributed by atoms with E-state index >= 15 is 0 Å². The quantitative estimate of drug-likeness (QED) is 0.184. The summed E-state index contributed by atoms with van der Waals surface area (Å²) in [5.41, 5.74) is 6.03. The van der Waals surface area contributed by atoms with Crippen molar-refractivity contribution in [1.29, 1.82) is 0 Å². The van der Waals surface area contributed by atoms with E-state index in [1.54, 1.807) is 48.8 Å². The number of carbonyl (C=O) groups is 3. The monoisotopic (exact) mass is 1240 g/mol. The molecule has 5 heterocycles. The number of pyridine rings is 1. The number of anilines is 1. The Balaban J connectivity index is 0.000000506. The number of allylic oxidation sites excluding steroid dienone is 10. The smallest absolute Gasteiger partial charge is 0.341 e. The first-order chi connectivity index (χ1) is 41.6. The van der Waals surface area contributed by atoms with E-state index in [1.165, 1.54) is 19.2 Å². The average Bonchev–Trinajstić information content (AvgIpc) is 1.09. The molecule has 15 N–H and O–H groups in total. The van der Waals surface area contributed by atoms with Gasteiger partial charge >= 0.3 is 17.9 Å².